The largest absolute Gasteiger partial charge is 0.379 e. The molecule has 206 valence electrons. The smallest absolute Gasteiger partial charge is 0.251 e. The molecule has 0 aliphatic carbocycles. The van der Waals surface area contributed by atoms with E-state index in [1.807, 2.05) is 11.0 Å². The normalized spacial score (nSPS) is 21.7. The second-order valence-electron chi connectivity index (χ2n) is 10.1. The fourth-order valence-corrected chi connectivity index (χ4v) is 5.48. The van der Waals surface area contributed by atoms with E-state index in [1.54, 1.807) is 18.2 Å². The minimum atomic E-state index is -0.305. The summed E-state index contributed by atoms with van der Waals surface area (Å²) >= 11 is 12.1. The van der Waals surface area contributed by atoms with E-state index >= 15 is 0 Å². The number of carbonyl (C=O) groups is 2. The second kappa shape index (κ2) is 14.3. The first kappa shape index (κ1) is 28.8. The van der Waals surface area contributed by atoms with Crippen LogP contribution < -0.4 is 10.6 Å². The highest BCUT2D eigenvalue weighted by atomic mass is 35.5. The van der Waals surface area contributed by atoms with Gasteiger partial charge in [-0.2, -0.15) is 0 Å². The molecule has 2 N–H and O–H groups in total. The van der Waals surface area contributed by atoms with E-state index in [0.717, 1.165) is 45.7 Å². The highest BCUT2D eigenvalue weighted by Gasteiger charge is 2.32. The third kappa shape index (κ3) is 7.93. The van der Waals surface area contributed by atoms with E-state index in [-0.39, 0.29) is 29.8 Å². The van der Waals surface area contributed by atoms with Crippen molar-refractivity contribution in [2.24, 2.45) is 0 Å². The molecule has 0 bridgehead atoms. The van der Waals surface area contributed by atoms with Gasteiger partial charge in [0, 0.05) is 56.8 Å². The van der Waals surface area contributed by atoms with E-state index < -0.39 is 0 Å². The summed E-state index contributed by atoms with van der Waals surface area (Å²) in [6.07, 6.45) is 2.43. The van der Waals surface area contributed by atoms with Crippen LogP contribution in [0, 0.1) is 0 Å². The summed E-state index contributed by atoms with van der Waals surface area (Å²) in [4.78, 5) is 30.9. The first-order valence-electron chi connectivity index (χ1n) is 13.6. The number of ether oxygens (including phenoxy) is 1. The summed E-state index contributed by atoms with van der Waals surface area (Å²) in [7, 11) is 0. The van der Waals surface area contributed by atoms with Gasteiger partial charge in [-0.15, -0.1) is 0 Å². The summed E-state index contributed by atoms with van der Waals surface area (Å²) in [5.41, 5.74) is 1.72. The molecule has 2 heterocycles. The van der Waals surface area contributed by atoms with Crippen molar-refractivity contribution in [2.75, 3.05) is 52.5 Å². The van der Waals surface area contributed by atoms with Gasteiger partial charge in [0.15, 0.2) is 0 Å². The van der Waals surface area contributed by atoms with Gasteiger partial charge in [0.1, 0.15) is 0 Å². The van der Waals surface area contributed by atoms with Gasteiger partial charge in [-0.05, 0) is 43.0 Å². The Morgan fingerprint density at radius 2 is 1.87 bits per heavy atom. The van der Waals surface area contributed by atoms with Gasteiger partial charge in [0.2, 0.25) is 5.91 Å². The Morgan fingerprint density at radius 3 is 2.58 bits per heavy atom. The Labute approximate surface area is 235 Å². The average molecular weight is 562 g/mol. The Kier molecular flexibility index (Phi) is 10.8. The van der Waals surface area contributed by atoms with Crippen LogP contribution in [-0.4, -0.2) is 86.2 Å². The van der Waals surface area contributed by atoms with Gasteiger partial charge in [0.05, 0.1) is 29.3 Å². The van der Waals surface area contributed by atoms with E-state index in [4.69, 9.17) is 27.9 Å². The molecule has 0 saturated carbocycles. The number of morpholine rings is 1. The number of amides is 2. The highest BCUT2D eigenvalue weighted by Crippen LogP contribution is 2.24. The van der Waals surface area contributed by atoms with Crippen molar-refractivity contribution in [3.63, 3.8) is 0 Å². The highest BCUT2D eigenvalue weighted by molar-refractivity contribution is 6.42. The molecule has 0 radical (unpaired) electrons. The van der Waals surface area contributed by atoms with Crippen molar-refractivity contribution in [2.45, 2.75) is 44.2 Å². The number of hydrogen-bond donors (Lipinski definition) is 2. The van der Waals surface area contributed by atoms with Crippen LogP contribution in [0.3, 0.4) is 0 Å². The molecule has 2 aliphatic heterocycles. The van der Waals surface area contributed by atoms with E-state index in [1.165, 1.54) is 5.56 Å². The molecule has 38 heavy (non-hydrogen) atoms. The molecule has 7 nitrogen and oxygen atoms in total. The molecular weight excluding hydrogens is 523 g/mol. The minimum Gasteiger partial charge on any atom is -0.379 e. The first-order valence-corrected chi connectivity index (χ1v) is 14.3. The number of hydrogen-bond acceptors (Lipinski definition) is 5. The number of benzene rings is 2. The van der Waals surface area contributed by atoms with Gasteiger partial charge < -0.3 is 20.3 Å². The van der Waals surface area contributed by atoms with Crippen LogP contribution in [0.25, 0.3) is 0 Å². The molecule has 1 unspecified atom stereocenters. The number of rotatable bonds is 10. The molecule has 2 aliphatic rings. The lowest BCUT2D eigenvalue weighted by atomic mass is 9.95. The molecule has 3 atom stereocenters. The molecule has 4 rings (SSSR count). The number of carbonyl (C=O) groups excluding carboxylic acids is 2. The maximum absolute atomic E-state index is 13.8. The van der Waals surface area contributed by atoms with Crippen LogP contribution >= 0.6 is 23.2 Å². The fourth-order valence-electron chi connectivity index (χ4n) is 5.18. The van der Waals surface area contributed by atoms with Gasteiger partial charge in [-0.25, -0.2) is 0 Å². The molecule has 2 aromatic carbocycles. The number of nitrogens with one attached hydrogen (secondary N) is 2. The van der Waals surface area contributed by atoms with Crippen LogP contribution in [-0.2, 0) is 9.53 Å². The zero-order chi connectivity index (χ0) is 26.9. The Bertz CT molecular complexity index is 1070. The third-order valence-corrected chi connectivity index (χ3v) is 8.27. The average Bonchev–Trinajstić information content (AvgIpc) is 3.09. The summed E-state index contributed by atoms with van der Waals surface area (Å²) in [6.45, 7) is 8.01. The molecule has 0 spiro atoms. The van der Waals surface area contributed by atoms with Crippen LogP contribution in [0.15, 0.2) is 48.5 Å². The molecule has 2 amide bonds. The van der Waals surface area contributed by atoms with Crippen molar-refractivity contribution < 1.29 is 14.3 Å². The van der Waals surface area contributed by atoms with Gasteiger partial charge >= 0.3 is 0 Å². The Balaban J connectivity index is 1.43. The van der Waals surface area contributed by atoms with Gasteiger partial charge in [-0.1, -0.05) is 60.5 Å². The van der Waals surface area contributed by atoms with Gasteiger partial charge in [0.25, 0.3) is 5.91 Å². The zero-order valence-corrected chi connectivity index (χ0v) is 23.5. The molecule has 0 aromatic heterocycles. The Morgan fingerprint density at radius 1 is 1.11 bits per heavy atom. The van der Waals surface area contributed by atoms with Crippen LogP contribution in [0.2, 0.25) is 10.0 Å². The third-order valence-electron chi connectivity index (χ3n) is 7.53. The number of halogens is 2. The topological polar surface area (TPSA) is 73.9 Å². The Hall–Kier alpha value is -2.16. The summed E-state index contributed by atoms with van der Waals surface area (Å²) in [6, 6.07) is 15.0. The maximum atomic E-state index is 13.8. The molecular formula is C29H38Cl2N4O3. The second-order valence-corrected chi connectivity index (χ2v) is 10.9. The van der Waals surface area contributed by atoms with Crippen molar-refractivity contribution in [1.82, 2.24) is 20.4 Å². The van der Waals surface area contributed by atoms with Crippen molar-refractivity contribution in [3.8, 4) is 0 Å². The predicted octanol–water partition coefficient (Wildman–Crippen LogP) is 4.20. The summed E-state index contributed by atoms with van der Waals surface area (Å²) < 4.78 is 5.48. The molecule has 2 saturated heterocycles. The van der Waals surface area contributed by atoms with Crippen molar-refractivity contribution in [1.29, 1.82) is 0 Å². The van der Waals surface area contributed by atoms with Crippen LogP contribution in [0.4, 0.5) is 0 Å². The maximum Gasteiger partial charge on any atom is 0.251 e. The lowest BCUT2D eigenvalue weighted by Gasteiger charge is -2.31. The minimum absolute atomic E-state index is 0.0258. The molecule has 9 heteroatoms. The summed E-state index contributed by atoms with van der Waals surface area (Å²) in [5.74, 6) is 0.217. The lowest BCUT2D eigenvalue weighted by Crippen LogP contribution is -2.50. The molecule has 2 fully saturated rings. The lowest BCUT2D eigenvalue weighted by molar-refractivity contribution is -0.133. The van der Waals surface area contributed by atoms with E-state index in [9.17, 15) is 9.59 Å². The van der Waals surface area contributed by atoms with Crippen LogP contribution in [0.5, 0.6) is 0 Å². The molecule has 2 aromatic rings. The van der Waals surface area contributed by atoms with E-state index in [0.29, 0.717) is 41.7 Å². The zero-order valence-electron chi connectivity index (χ0n) is 22.0. The monoisotopic (exact) mass is 560 g/mol. The standard InChI is InChI=1S/C29H38Cl2N4O3/c1-2-21(22-6-4-3-5-7-22)20-35-13-10-24(19-32-28(36)23-8-9-25(30)26(31)18-23)33-27(29(35)37)11-12-34-14-16-38-17-15-34/h3-9,18,21,24,27,33H,2,10-17,19-20H2,1H3,(H,32,36)/t21?,24-,27-/m0/s1. The van der Waals surface area contributed by atoms with Crippen molar-refractivity contribution in [3.05, 3.63) is 69.7 Å². The summed E-state index contributed by atoms with van der Waals surface area (Å²) in [5, 5.41) is 7.36. The number of nitrogens with zero attached hydrogens (tertiary/aromatic N) is 2. The first-order chi connectivity index (χ1) is 18.4. The van der Waals surface area contributed by atoms with Crippen molar-refractivity contribution >= 4 is 35.0 Å². The predicted molar refractivity (Wildman–Crippen MR) is 152 cm³/mol. The van der Waals surface area contributed by atoms with Gasteiger partial charge in [-0.3, -0.25) is 14.5 Å². The van der Waals surface area contributed by atoms with E-state index in [2.05, 4.69) is 46.7 Å². The quantitative estimate of drug-likeness (QED) is 0.455. The SMILES string of the molecule is CCC(CN1CC[C@@H](CNC(=O)c2ccc(Cl)c(Cl)c2)N[C@@H](CCN2CCOCC2)C1=O)c1ccccc1. The fraction of sp³-hybridized carbons (Fsp3) is 0.517. The van der Waals surface area contributed by atoms with Crippen LogP contribution in [0.1, 0.15) is 48.0 Å².